The minimum absolute atomic E-state index is 0.0356. The third kappa shape index (κ3) is 4.95. The number of carbonyl (C=O) groups excluding carboxylic acids is 2. The van der Waals surface area contributed by atoms with Crippen LogP contribution in [0.2, 0.25) is 0 Å². The highest BCUT2D eigenvalue weighted by molar-refractivity contribution is 7.89. The fraction of sp³-hybridized carbons (Fsp3) is 0.652. The van der Waals surface area contributed by atoms with Gasteiger partial charge in [0.15, 0.2) is 0 Å². The predicted octanol–water partition coefficient (Wildman–Crippen LogP) is 2.85. The van der Waals surface area contributed by atoms with Gasteiger partial charge >= 0.3 is 0 Å². The van der Waals surface area contributed by atoms with Gasteiger partial charge in [0, 0.05) is 18.3 Å². The van der Waals surface area contributed by atoms with Crippen molar-refractivity contribution in [2.45, 2.75) is 77.3 Å². The van der Waals surface area contributed by atoms with Crippen LogP contribution in [0.4, 0.5) is 5.69 Å². The molecule has 31 heavy (non-hydrogen) atoms. The molecule has 1 aromatic rings. The van der Waals surface area contributed by atoms with Crippen molar-refractivity contribution in [3.8, 4) is 0 Å². The van der Waals surface area contributed by atoms with Crippen molar-refractivity contribution in [3.05, 3.63) is 29.8 Å². The monoisotopic (exact) mass is 449 g/mol. The maximum Gasteiger partial charge on any atom is 0.247 e. The Balaban J connectivity index is 2.01. The second kappa shape index (κ2) is 9.69. The normalized spacial score (nSPS) is 23.7. The molecule has 7 nitrogen and oxygen atoms in total. The van der Waals surface area contributed by atoms with Gasteiger partial charge in [0.1, 0.15) is 5.54 Å². The van der Waals surface area contributed by atoms with E-state index in [-0.39, 0.29) is 36.7 Å². The highest BCUT2D eigenvalue weighted by Gasteiger charge is 2.51. The van der Waals surface area contributed by atoms with E-state index in [1.165, 1.54) is 10.7 Å². The highest BCUT2D eigenvalue weighted by atomic mass is 32.2. The van der Waals surface area contributed by atoms with Crippen LogP contribution < -0.4 is 10.2 Å². The van der Waals surface area contributed by atoms with E-state index in [1.807, 2.05) is 31.2 Å². The number of carbonyl (C=O) groups is 2. The molecule has 8 heteroatoms. The lowest BCUT2D eigenvalue weighted by Gasteiger charge is -2.47. The van der Waals surface area contributed by atoms with E-state index in [9.17, 15) is 18.0 Å². The third-order valence-electron chi connectivity index (χ3n) is 6.44. The summed E-state index contributed by atoms with van der Waals surface area (Å²) in [5.74, 6) is -0.685. The van der Waals surface area contributed by atoms with Crippen molar-refractivity contribution in [2.75, 3.05) is 23.7 Å². The molecule has 1 aliphatic carbocycles. The fourth-order valence-electron chi connectivity index (χ4n) is 4.74. The Morgan fingerprint density at radius 2 is 1.84 bits per heavy atom. The Labute approximate surface area is 186 Å². The van der Waals surface area contributed by atoms with Crippen molar-refractivity contribution in [1.82, 2.24) is 9.62 Å². The number of sulfonamides is 1. The lowest BCUT2D eigenvalue weighted by Crippen LogP contribution is -2.71. The number of hydrogen-bond donors (Lipinski definition) is 1. The third-order valence-corrected chi connectivity index (χ3v) is 8.41. The number of aryl methyl sites for hydroxylation is 1. The number of hydrogen-bond acceptors (Lipinski definition) is 4. The van der Waals surface area contributed by atoms with Gasteiger partial charge in [0.2, 0.25) is 21.8 Å². The van der Waals surface area contributed by atoms with Crippen molar-refractivity contribution >= 4 is 27.5 Å². The summed E-state index contributed by atoms with van der Waals surface area (Å²) < 4.78 is 26.8. The topological polar surface area (TPSA) is 86.8 Å². The highest BCUT2D eigenvalue weighted by Crippen LogP contribution is 2.34. The molecule has 2 aliphatic rings. The van der Waals surface area contributed by atoms with Gasteiger partial charge in [-0.3, -0.25) is 14.5 Å². The first kappa shape index (κ1) is 23.7. The number of para-hydroxylation sites is 1. The van der Waals surface area contributed by atoms with E-state index in [0.717, 1.165) is 31.2 Å². The van der Waals surface area contributed by atoms with Gasteiger partial charge in [-0.25, -0.2) is 8.42 Å². The zero-order valence-electron chi connectivity index (χ0n) is 18.9. The average Bonchev–Trinajstić information content (AvgIpc) is 2.74. The summed E-state index contributed by atoms with van der Waals surface area (Å²) in [6.45, 7) is 5.21. The molecule has 0 radical (unpaired) electrons. The smallest absolute Gasteiger partial charge is 0.247 e. The maximum absolute atomic E-state index is 13.6. The van der Waals surface area contributed by atoms with Gasteiger partial charge in [-0.1, -0.05) is 51.3 Å². The summed E-state index contributed by atoms with van der Waals surface area (Å²) in [6.07, 6.45) is 6.30. The minimum Gasteiger partial charge on any atom is -0.351 e. The van der Waals surface area contributed by atoms with Crippen LogP contribution in [-0.4, -0.2) is 55.0 Å². The molecule has 1 saturated carbocycles. The fourth-order valence-corrected chi connectivity index (χ4v) is 6.27. The van der Waals surface area contributed by atoms with E-state index < -0.39 is 15.6 Å². The Kier molecular flexibility index (Phi) is 7.42. The first-order valence-corrected chi connectivity index (χ1v) is 13.0. The Morgan fingerprint density at radius 3 is 2.48 bits per heavy atom. The molecule has 1 heterocycles. The number of piperazine rings is 1. The number of nitrogens with one attached hydrogen (secondary N) is 1. The summed E-state index contributed by atoms with van der Waals surface area (Å²) in [5, 5.41) is 3.14. The summed E-state index contributed by atoms with van der Waals surface area (Å²) >= 11 is 0. The van der Waals surface area contributed by atoms with E-state index in [1.54, 1.807) is 18.7 Å². The van der Waals surface area contributed by atoms with Crippen molar-refractivity contribution in [2.24, 2.45) is 0 Å². The largest absolute Gasteiger partial charge is 0.351 e. The predicted molar refractivity (Wildman–Crippen MR) is 122 cm³/mol. The molecule has 0 bridgehead atoms. The van der Waals surface area contributed by atoms with Crippen LogP contribution in [0.15, 0.2) is 24.3 Å². The van der Waals surface area contributed by atoms with Crippen LogP contribution in [-0.2, 0) is 26.0 Å². The molecule has 1 unspecified atom stereocenters. The number of rotatable bonds is 7. The van der Waals surface area contributed by atoms with Gasteiger partial charge in [0.05, 0.1) is 12.3 Å². The van der Waals surface area contributed by atoms with Crippen molar-refractivity contribution < 1.29 is 18.0 Å². The molecule has 1 aromatic carbocycles. The molecule has 3 rings (SSSR count). The lowest BCUT2D eigenvalue weighted by atomic mass is 9.90. The second-order valence-corrected chi connectivity index (χ2v) is 11.0. The van der Waals surface area contributed by atoms with Crippen molar-refractivity contribution in [3.63, 3.8) is 0 Å². The quantitative estimate of drug-likeness (QED) is 0.693. The number of benzene rings is 1. The van der Waals surface area contributed by atoms with Crippen LogP contribution in [0.1, 0.15) is 64.9 Å². The Bertz CT molecular complexity index is 911. The van der Waals surface area contributed by atoms with Gasteiger partial charge < -0.3 is 5.32 Å². The minimum atomic E-state index is -3.62. The summed E-state index contributed by atoms with van der Waals surface area (Å²) in [5.41, 5.74) is 0.319. The molecule has 1 atom stereocenters. The van der Waals surface area contributed by atoms with Crippen LogP contribution in [0.3, 0.4) is 0 Å². The summed E-state index contributed by atoms with van der Waals surface area (Å²) in [4.78, 5) is 28.5. The second-order valence-electron chi connectivity index (χ2n) is 8.88. The van der Waals surface area contributed by atoms with Crippen LogP contribution in [0.25, 0.3) is 0 Å². The molecule has 1 saturated heterocycles. The lowest BCUT2D eigenvalue weighted by molar-refractivity contribution is -0.133. The van der Waals surface area contributed by atoms with Crippen molar-refractivity contribution in [1.29, 1.82) is 0 Å². The van der Waals surface area contributed by atoms with Gasteiger partial charge in [-0.05, 0) is 44.2 Å². The van der Waals surface area contributed by atoms with Crippen LogP contribution in [0.5, 0.6) is 0 Å². The van der Waals surface area contributed by atoms with Gasteiger partial charge in [-0.15, -0.1) is 0 Å². The molecule has 0 spiro atoms. The molecule has 1 aliphatic heterocycles. The Morgan fingerprint density at radius 1 is 1.16 bits per heavy atom. The summed E-state index contributed by atoms with van der Waals surface area (Å²) in [6, 6.07) is 7.62. The molecule has 2 amide bonds. The average molecular weight is 450 g/mol. The van der Waals surface area contributed by atoms with Crippen LogP contribution >= 0.6 is 0 Å². The zero-order valence-corrected chi connectivity index (χ0v) is 19.7. The first-order valence-electron chi connectivity index (χ1n) is 11.4. The zero-order chi connectivity index (χ0) is 22.6. The standard InChI is InChI=1S/C23H35N3O4S/c1-4-15-31(29,30)25-16-21(27)26(20-14-10-9-11-18(20)5-2)23(3,17-25)22(28)24-19-12-7-6-8-13-19/h9-11,14,19H,4-8,12-13,15-17H2,1-3H3,(H,24,28). The molecule has 0 aromatic heterocycles. The SMILES string of the molecule is CCCS(=O)(=O)N1CC(=O)N(c2ccccc2CC)C(C)(C(=O)NC2CCCCC2)C1. The first-order chi connectivity index (χ1) is 14.7. The Hall–Kier alpha value is -1.93. The van der Waals surface area contributed by atoms with E-state index in [4.69, 9.17) is 0 Å². The number of amides is 2. The molecule has 1 N–H and O–H groups in total. The van der Waals surface area contributed by atoms with Gasteiger partial charge in [0.25, 0.3) is 0 Å². The number of anilines is 1. The maximum atomic E-state index is 13.6. The summed E-state index contributed by atoms with van der Waals surface area (Å²) in [7, 11) is -3.62. The molecular formula is C23H35N3O4S. The molecule has 172 valence electrons. The molecule has 2 fully saturated rings. The van der Waals surface area contributed by atoms with Gasteiger partial charge in [-0.2, -0.15) is 4.31 Å². The number of nitrogens with zero attached hydrogens (tertiary/aromatic N) is 2. The van der Waals surface area contributed by atoms with E-state index in [0.29, 0.717) is 18.5 Å². The van der Waals surface area contributed by atoms with Crippen LogP contribution in [0, 0.1) is 0 Å². The van der Waals surface area contributed by atoms with E-state index in [2.05, 4.69) is 5.32 Å². The van der Waals surface area contributed by atoms with E-state index >= 15 is 0 Å². The molecular weight excluding hydrogens is 414 g/mol.